The maximum Gasteiger partial charge on any atom is 0.243 e. The first-order chi connectivity index (χ1) is 12.5. The van der Waals surface area contributed by atoms with E-state index in [1.54, 1.807) is 0 Å². The van der Waals surface area contributed by atoms with Gasteiger partial charge in [-0.05, 0) is 67.6 Å². The first-order valence-electron chi connectivity index (χ1n) is 9.17. The van der Waals surface area contributed by atoms with Crippen LogP contribution in [0.4, 0.5) is 17.1 Å². The van der Waals surface area contributed by atoms with Crippen molar-refractivity contribution in [3.63, 3.8) is 0 Å². The van der Waals surface area contributed by atoms with Gasteiger partial charge in [-0.3, -0.25) is 4.79 Å². The second-order valence-electron chi connectivity index (χ2n) is 7.03. The van der Waals surface area contributed by atoms with Gasteiger partial charge >= 0.3 is 0 Å². The molecule has 1 heterocycles. The molecule has 0 saturated carbocycles. The number of nitrogens with one attached hydrogen (secondary N) is 2. The van der Waals surface area contributed by atoms with Crippen LogP contribution in [0.3, 0.4) is 0 Å². The molecule has 3 rings (SSSR count). The van der Waals surface area contributed by atoms with Crippen molar-refractivity contribution in [2.45, 2.75) is 26.7 Å². The monoisotopic (exact) mass is 371 g/mol. The summed E-state index contributed by atoms with van der Waals surface area (Å²) < 4.78 is 0. The third-order valence-electron chi connectivity index (χ3n) is 5.01. The molecule has 138 valence electrons. The van der Waals surface area contributed by atoms with Crippen molar-refractivity contribution in [1.29, 1.82) is 0 Å². The summed E-state index contributed by atoms with van der Waals surface area (Å²) in [5, 5.41) is 6.72. The summed E-state index contributed by atoms with van der Waals surface area (Å²) in [5.41, 5.74) is 3.82. The SMILES string of the molecule is Cc1c(Cl)cccc1NC(=O)CNc1ccc(N2CCC(C)CC2)cc1. The maximum absolute atomic E-state index is 12.2. The van der Waals surface area contributed by atoms with Crippen LogP contribution in [-0.4, -0.2) is 25.5 Å². The van der Waals surface area contributed by atoms with Crippen molar-refractivity contribution in [2.75, 3.05) is 35.2 Å². The number of amides is 1. The minimum Gasteiger partial charge on any atom is -0.376 e. The van der Waals surface area contributed by atoms with E-state index in [9.17, 15) is 4.79 Å². The number of halogens is 1. The van der Waals surface area contributed by atoms with E-state index in [-0.39, 0.29) is 12.5 Å². The molecular formula is C21H26ClN3O. The van der Waals surface area contributed by atoms with Crippen molar-refractivity contribution in [3.05, 3.63) is 53.1 Å². The highest BCUT2D eigenvalue weighted by Gasteiger charge is 2.15. The van der Waals surface area contributed by atoms with Crippen LogP contribution in [0.15, 0.2) is 42.5 Å². The van der Waals surface area contributed by atoms with E-state index in [0.717, 1.165) is 35.9 Å². The van der Waals surface area contributed by atoms with Crippen LogP contribution in [0.5, 0.6) is 0 Å². The topological polar surface area (TPSA) is 44.4 Å². The van der Waals surface area contributed by atoms with Crippen molar-refractivity contribution in [2.24, 2.45) is 5.92 Å². The number of carbonyl (C=O) groups is 1. The van der Waals surface area contributed by atoms with Gasteiger partial charge in [0.25, 0.3) is 0 Å². The molecule has 0 spiro atoms. The van der Waals surface area contributed by atoms with Gasteiger partial charge < -0.3 is 15.5 Å². The van der Waals surface area contributed by atoms with Crippen LogP contribution >= 0.6 is 11.6 Å². The van der Waals surface area contributed by atoms with Crippen LogP contribution in [0, 0.1) is 12.8 Å². The molecule has 0 bridgehead atoms. The number of piperidine rings is 1. The highest BCUT2D eigenvalue weighted by Crippen LogP contribution is 2.25. The van der Waals surface area contributed by atoms with E-state index >= 15 is 0 Å². The van der Waals surface area contributed by atoms with Gasteiger partial charge in [-0.25, -0.2) is 0 Å². The summed E-state index contributed by atoms with van der Waals surface area (Å²) in [6, 6.07) is 13.8. The van der Waals surface area contributed by atoms with Crippen molar-refractivity contribution in [3.8, 4) is 0 Å². The standard InChI is InChI=1S/C21H26ClN3O/c1-15-10-12-25(13-11-15)18-8-6-17(7-9-18)23-14-21(26)24-20-5-3-4-19(22)16(20)2/h3-9,15,23H,10-14H2,1-2H3,(H,24,26). The summed E-state index contributed by atoms with van der Waals surface area (Å²) in [4.78, 5) is 14.6. The summed E-state index contributed by atoms with van der Waals surface area (Å²) >= 11 is 6.09. The fourth-order valence-corrected chi connectivity index (χ4v) is 3.35. The van der Waals surface area contributed by atoms with Crippen molar-refractivity contribution in [1.82, 2.24) is 0 Å². The van der Waals surface area contributed by atoms with Gasteiger partial charge in [-0.1, -0.05) is 24.6 Å². The number of benzene rings is 2. The van der Waals surface area contributed by atoms with Crippen LogP contribution in [-0.2, 0) is 4.79 Å². The van der Waals surface area contributed by atoms with E-state index in [4.69, 9.17) is 11.6 Å². The number of hydrogen-bond donors (Lipinski definition) is 2. The molecule has 26 heavy (non-hydrogen) atoms. The van der Waals surface area contributed by atoms with Crippen molar-refractivity contribution >= 4 is 34.6 Å². The van der Waals surface area contributed by atoms with E-state index in [1.165, 1.54) is 18.5 Å². The van der Waals surface area contributed by atoms with Gasteiger partial charge in [0.05, 0.1) is 6.54 Å². The maximum atomic E-state index is 12.2. The van der Waals surface area contributed by atoms with E-state index in [2.05, 4.69) is 34.6 Å². The Hall–Kier alpha value is -2.20. The third-order valence-corrected chi connectivity index (χ3v) is 5.42. The Morgan fingerprint density at radius 2 is 1.85 bits per heavy atom. The molecule has 2 N–H and O–H groups in total. The van der Waals surface area contributed by atoms with E-state index < -0.39 is 0 Å². The van der Waals surface area contributed by atoms with Crippen LogP contribution < -0.4 is 15.5 Å². The van der Waals surface area contributed by atoms with Gasteiger partial charge in [0.15, 0.2) is 0 Å². The van der Waals surface area contributed by atoms with Gasteiger partial charge in [0.2, 0.25) is 5.91 Å². The van der Waals surface area contributed by atoms with Gasteiger partial charge in [-0.15, -0.1) is 0 Å². The number of carbonyl (C=O) groups excluding carboxylic acids is 1. The average Bonchev–Trinajstić information content (AvgIpc) is 2.65. The Morgan fingerprint density at radius 3 is 2.54 bits per heavy atom. The minimum absolute atomic E-state index is 0.0931. The molecule has 0 unspecified atom stereocenters. The lowest BCUT2D eigenvalue weighted by Gasteiger charge is -2.32. The minimum atomic E-state index is -0.0931. The summed E-state index contributed by atoms with van der Waals surface area (Å²) in [5.74, 6) is 0.735. The second kappa shape index (κ2) is 8.45. The zero-order valence-electron chi connectivity index (χ0n) is 15.4. The van der Waals surface area contributed by atoms with Crippen molar-refractivity contribution < 1.29 is 4.79 Å². The number of hydrogen-bond acceptors (Lipinski definition) is 3. The number of anilines is 3. The Bertz CT molecular complexity index is 752. The first kappa shape index (κ1) is 18.6. The molecule has 1 aliphatic heterocycles. The van der Waals surface area contributed by atoms with E-state index in [1.807, 2.05) is 37.3 Å². The molecule has 1 saturated heterocycles. The second-order valence-corrected chi connectivity index (χ2v) is 7.44. The summed E-state index contributed by atoms with van der Waals surface area (Å²) in [7, 11) is 0. The number of nitrogens with zero attached hydrogens (tertiary/aromatic N) is 1. The number of rotatable bonds is 5. The largest absolute Gasteiger partial charge is 0.376 e. The predicted octanol–water partition coefficient (Wildman–Crippen LogP) is 4.94. The molecule has 2 aromatic carbocycles. The van der Waals surface area contributed by atoms with Crippen LogP contribution in [0.25, 0.3) is 0 Å². The Kier molecular flexibility index (Phi) is 6.04. The molecule has 0 atom stereocenters. The van der Waals surface area contributed by atoms with Gasteiger partial charge in [0, 0.05) is 35.2 Å². The molecule has 2 aromatic rings. The molecule has 4 nitrogen and oxygen atoms in total. The molecule has 1 amide bonds. The molecule has 0 aromatic heterocycles. The summed E-state index contributed by atoms with van der Waals surface area (Å²) in [6.45, 7) is 6.67. The molecular weight excluding hydrogens is 346 g/mol. The fourth-order valence-electron chi connectivity index (χ4n) is 3.18. The molecule has 0 aliphatic carbocycles. The molecule has 1 aliphatic rings. The Labute approximate surface area is 160 Å². The van der Waals surface area contributed by atoms with Gasteiger partial charge in [0.1, 0.15) is 0 Å². The molecule has 5 heteroatoms. The lowest BCUT2D eigenvalue weighted by molar-refractivity contribution is -0.114. The average molecular weight is 372 g/mol. The highest BCUT2D eigenvalue weighted by atomic mass is 35.5. The zero-order valence-corrected chi connectivity index (χ0v) is 16.1. The van der Waals surface area contributed by atoms with Gasteiger partial charge in [-0.2, -0.15) is 0 Å². The lowest BCUT2D eigenvalue weighted by Crippen LogP contribution is -2.32. The van der Waals surface area contributed by atoms with Crippen LogP contribution in [0.1, 0.15) is 25.3 Å². The third kappa shape index (κ3) is 4.70. The highest BCUT2D eigenvalue weighted by molar-refractivity contribution is 6.31. The lowest BCUT2D eigenvalue weighted by atomic mass is 9.99. The first-order valence-corrected chi connectivity index (χ1v) is 9.54. The molecule has 0 radical (unpaired) electrons. The quantitative estimate of drug-likeness (QED) is 0.782. The summed E-state index contributed by atoms with van der Waals surface area (Å²) in [6.07, 6.45) is 2.51. The smallest absolute Gasteiger partial charge is 0.243 e. The van der Waals surface area contributed by atoms with Crippen LogP contribution in [0.2, 0.25) is 5.02 Å². The van der Waals surface area contributed by atoms with E-state index in [0.29, 0.717) is 5.02 Å². The predicted molar refractivity (Wildman–Crippen MR) is 110 cm³/mol. The Morgan fingerprint density at radius 1 is 1.15 bits per heavy atom. The zero-order chi connectivity index (χ0) is 18.5. The normalized spacial score (nSPS) is 15.0. The molecule has 1 fully saturated rings. The Balaban J connectivity index is 1.51. The fraction of sp³-hybridized carbons (Fsp3) is 0.381.